The van der Waals surface area contributed by atoms with Crippen molar-refractivity contribution in [2.24, 2.45) is 23.7 Å². The van der Waals surface area contributed by atoms with Crippen molar-refractivity contribution in [2.45, 2.75) is 90.9 Å². The molecule has 0 unspecified atom stereocenters. The van der Waals surface area contributed by atoms with Crippen molar-refractivity contribution < 1.29 is 9.47 Å². The second-order valence-corrected chi connectivity index (χ2v) is 11.3. The molecule has 0 atom stereocenters. The molecule has 0 heterocycles. The lowest BCUT2D eigenvalue weighted by molar-refractivity contribution is 0.245. The van der Waals surface area contributed by atoms with Crippen LogP contribution in [0.25, 0.3) is 11.1 Å². The summed E-state index contributed by atoms with van der Waals surface area (Å²) in [5, 5.41) is 0. The van der Waals surface area contributed by atoms with Crippen LogP contribution in [0.2, 0.25) is 0 Å². The van der Waals surface area contributed by atoms with Gasteiger partial charge in [0.25, 0.3) is 0 Å². The van der Waals surface area contributed by atoms with E-state index >= 15 is 0 Å². The molecule has 0 bridgehead atoms. The smallest absolute Gasteiger partial charge is 0.119 e. The predicted molar refractivity (Wildman–Crippen MR) is 144 cm³/mol. The molecule has 2 aliphatic rings. The van der Waals surface area contributed by atoms with Crippen LogP contribution in [0, 0.1) is 23.7 Å². The van der Waals surface area contributed by atoms with Crippen LogP contribution < -0.4 is 9.47 Å². The highest BCUT2D eigenvalue weighted by atomic mass is 16.5. The normalized spacial score (nSPS) is 25.1. The van der Waals surface area contributed by atoms with E-state index in [9.17, 15) is 0 Å². The van der Waals surface area contributed by atoms with Crippen LogP contribution in [0.4, 0.5) is 0 Å². The molecule has 0 aromatic heterocycles. The molecule has 0 saturated heterocycles. The van der Waals surface area contributed by atoms with Gasteiger partial charge in [-0.3, -0.25) is 0 Å². The minimum atomic E-state index is 0.831. The van der Waals surface area contributed by atoms with Gasteiger partial charge in [-0.2, -0.15) is 0 Å². The quantitative estimate of drug-likeness (QED) is 0.310. The largest absolute Gasteiger partial charge is 0.494 e. The van der Waals surface area contributed by atoms with Crippen molar-refractivity contribution in [3.05, 3.63) is 48.5 Å². The lowest BCUT2D eigenvalue weighted by Crippen LogP contribution is -2.13. The molecule has 2 aromatic carbocycles. The van der Waals surface area contributed by atoms with Crippen LogP contribution in [0.3, 0.4) is 0 Å². The van der Waals surface area contributed by atoms with E-state index in [1.54, 1.807) is 0 Å². The van der Waals surface area contributed by atoms with Crippen LogP contribution in [0.15, 0.2) is 48.5 Å². The number of rotatable bonds is 11. The Labute approximate surface area is 208 Å². The van der Waals surface area contributed by atoms with E-state index in [1.807, 2.05) is 0 Å². The maximum atomic E-state index is 6.01. The first-order chi connectivity index (χ1) is 16.7. The Hall–Kier alpha value is -1.96. The van der Waals surface area contributed by atoms with Crippen molar-refractivity contribution in [3.63, 3.8) is 0 Å². The summed E-state index contributed by atoms with van der Waals surface area (Å²) in [7, 11) is 0. The summed E-state index contributed by atoms with van der Waals surface area (Å²) in [5.74, 6) is 5.69. The van der Waals surface area contributed by atoms with Crippen LogP contribution in [-0.4, -0.2) is 13.2 Å². The Balaban J connectivity index is 1.13. The van der Waals surface area contributed by atoms with Crippen LogP contribution in [0.5, 0.6) is 11.5 Å². The molecule has 2 heteroatoms. The van der Waals surface area contributed by atoms with E-state index in [4.69, 9.17) is 9.47 Å². The summed E-state index contributed by atoms with van der Waals surface area (Å²) >= 11 is 0. The predicted octanol–water partition coefficient (Wildman–Crippen LogP) is 9.32. The summed E-state index contributed by atoms with van der Waals surface area (Å²) in [4.78, 5) is 0. The Bertz CT molecular complexity index is 738. The molecule has 34 heavy (non-hydrogen) atoms. The van der Waals surface area contributed by atoms with Crippen LogP contribution in [0.1, 0.15) is 90.9 Å². The molecule has 0 N–H and O–H groups in total. The Morgan fingerprint density at radius 2 is 0.882 bits per heavy atom. The van der Waals surface area contributed by atoms with Gasteiger partial charge in [0.2, 0.25) is 0 Å². The third-order valence-electron chi connectivity index (χ3n) is 8.36. The first-order valence-electron chi connectivity index (χ1n) is 14.1. The molecule has 0 radical (unpaired) electrons. The summed E-state index contributed by atoms with van der Waals surface area (Å²) < 4.78 is 12.0. The van der Waals surface area contributed by atoms with Gasteiger partial charge in [-0.25, -0.2) is 0 Å². The molecule has 0 aliphatic heterocycles. The van der Waals surface area contributed by atoms with Crippen molar-refractivity contribution in [2.75, 3.05) is 13.2 Å². The Morgan fingerprint density at radius 3 is 1.24 bits per heavy atom. The number of benzene rings is 2. The minimum Gasteiger partial charge on any atom is -0.494 e. The zero-order valence-corrected chi connectivity index (χ0v) is 21.6. The van der Waals surface area contributed by atoms with Gasteiger partial charge < -0.3 is 9.47 Å². The molecule has 2 nitrogen and oxygen atoms in total. The number of hydrogen-bond donors (Lipinski definition) is 0. The molecule has 2 fully saturated rings. The van der Waals surface area contributed by atoms with Crippen molar-refractivity contribution in [1.82, 2.24) is 0 Å². The van der Waals surface area contributed by atoms with Crippen molar-refractivity contribution in [3.8, 4) is 22.6 Å². The Morgan fingerprint density at radius 1 is 0.529 bits per heavy atom. The van der Waals surface area contributed by atoms with Gasteiger partial charge in [0, 0.05) is 0 Å². The van der Waals surface area contributed by atoms with E-state index in [1.165, 1.54) is 88.2 Å². The second kappa shape index (κ2) is 13.2. The lowest BCUT2D eigenvalue weighted by atomic mass is 9.81. The van der Waals surface area contributed by atoms with Gasteiger partial charge in [-0.05, 0) is 84.7 Å². The minimum absolute atomic E-state index is 0.831. The topological polar surface area (TPSA) is 18.5 Å². The van der Waals surface area contributed by atoms with Crippen molar-refractivity contribution in [1.29, 1.82) is 0 Å². The standard InChI is InChI=1S/C32H46O2/c1-25-7-11-27(12-8-25)5-3-23-33-31-19-15-29(16-20-31)30-17-21-32(22-18-30)34-24-4-6-28-13-9-26(2)10-14-28/h15-22,25-28H,3-14,23-24H2,1-2H3/t25-,26-,27-,28-. The van der Waals surface area contributed by atoms with Gasteiger partial charge in [-0.15, -0.1) is 0 Å². The zero-order valence-electron chi connectivity index (χ0n) is 21.6. The molecule has 2 aromatic rings. The second-order valence-electron chi connectivity index (χ2n) is 11.3. The summed E-state index contributed by atoms with van der Waals surface area (Å²) in [5.41, 5.74) is 2.45. The SMILES string of the molecule is C[C@H]1CC[C@H](CCCOc2ccc(-c3ccc(OCCC[C@H]4CC[C@H](C)CC4)cc3)cc2)CC1. The van der Waals surface area contributed by atoms with E-state index in [0.717, 1.165) is 48.4 Å². The number of ether oxygens (including phenoxy) is 2. The average Bonchev–Trinajstić information content (AvgIpc) is 2.87. The van der Waals surface area contributed by atoms with Gasteiger partial charge in [0.1, 0.15) is 11.5 Å². The lowest BCUT2D eigenvalue weighted by Gasteiger charge is -2.26. The maximum absolute atomic E-state index is 6.01. The van der Waals surface area contributed by atoms with Gasteiger partial charge in [0.15, 0.2) is 0 Å². The highest BCUT2D eigenvalue weighted by Crippen LogP contribution is 2.32. The van der Waals surface area contributed by atoms with Gasteiger partial charge in [-0.1, -0.05) is 89.5 Å². The molecule has 0 spiro atoms. The third kappa shape index (κ3) is 8.07. The summed E-state index contributed by atoms with van der Waals surface area (Å²) in [6.45, 7) is 6.45. The molecule has 0 amide bonds. The monoisotopic (exact) mass is 462 g/mol. The molecular formula is C32H46O2. The third-order valence-corrected chi connectivity index (χ3v) is 8.36. The van der Waals surface area contributed by atoms with Crippen LogP contribution >= 0.6 is 0 Å². The first-order valence-corrected chi connectivity index (χ1v) is 14.1. The first kappa shape index (κ1) is 25.1. The molecule has 2 saturated carbocycles. The number of hydrogen-bond acceptors (Lipinski definition) is 2. The fourth-order valence-electron chi connectivity index (χ4n) is 5.85. The Kier molecular flexibility index (Phi) is 9.77. The summed E-state index contributed by atoms with van der Waals surface area (Å²) in [6, 6.07) is 17.1. The molecule has 2 aliphatic carbocycles. The van der Waals surface area contributed by atoms with Crippen molar-refractivity contribution >= 4 is 0 Å². The van der Waals surface area contributed by atoms with E-state index in [0.29, 0.717) is 0 Å². The molecule has 186 valence electrons. The van der Waals surface area contributed by atoms with E-state index in [-0.39, 0.29) is 0 Å². The average molecular weight is 463 g/mol. The van der Waals surface area contributed by atoms with Gasteiger partial charge in [0.05, 0.1) is 13.2 Å². The molecular weight excluding hydrogens is 416 g/mol. The zero-order chi connectivity index (χ0) is 23.6. The summed E-state index contributed by atoms with van der Waals surface area (Å²) in [6.07, 6.45) is 16.3. The maximum Gasteiger partial charge on any atom is 0.119 e. The van der Waals surface area contributed by atoms with E-state index < -0.39 is 0 Å². The molecule has 4 rings (SSSR count). The highest BCUT2D eigenvalue weighted by molar-refractivity contribution is 5.64. The van der Waals surface area contributed by atoms with E-state index in [2.05, 4.69) is 62.4 Å². The fraction of sp³-hybridized carbons (Fsp3) is 0.625. The van der Waals surface area contributed by atoms with Gasteiger partial charge >= 0.3 is 0 Å². The van der Waals surface area contributed by atoms with Crippen LogP contribution in [-0.2, 0) is 0 Å². The fourth-order valence-corrected chi connectivity index (χ4v) is 5.85. The highest BCUT2D eigenvalue weighted by Gasteiger charge is 2.18.